The van der Waals surface area contributed by atoms with Crippen molar-refractivity contribution in [2.75, 3.05) is 13.1 Å². The first kappa shape index (κ1) is 17.7. The molecule has 2 aliphatic carbocycles. The van der Waals surface area contributed by atoms with Gasteiger partial charge in [-0.15, -0.1) is 0 Å². The molecule has 2 fully saturated rings. The molecule has 1 aromatic heterocycles. The van der Waals surface area contributed by atoms with E-state index in [1.165, 1.54) is 6.42 Å². The summed E-state index contributed by atoms with van der Waals surface area (Å²) in [7, 11) is 0. The molecule has 142 valence electrons. The van der Waals surface area contributed by atoms with Gasteiger partial charge in [0.1, 0.15) is 0 Å². The molecular weight excluding hydrogens is 381 g/mol. The fourth-order valence-corrected chi connectivity index (χ4v) is 6.03. The van der Waals surface area contributed by atoms with Gasteiger partial charge in [0, 0.05) is 19.0 Å². The van der Waals surface area contributed by atoms with E-state index in [0.29, 0.717) is 10.0 Å². The molecule has 0 spiro atoms. The van der Waals surface area contributed by atoms with Gasteiger partial charge in [-0.3, -0.25) is 4.79 Å². The Hall–Kier alpha value is -1.39. The Morgan fingerprint density at radius 1 is 1.07 bits per heavy atom. The highest BCUT2D eigenvalue weighted by atomic mass is 35.5. The number of rotatable bonds is 1. The molecule has 2 unspecified atom stereocenters. The monoisotopic (exact) mass is 403 g/mol. The summed E-state index contributed by atoms with van der Waals surface area (Å²) < 4.78 is 0. The Kier molecular flexibility index (Phi) is 3.80. The van der Waals surface area contributed by atoms with Crippen LogP contribution in [0.2, 0.25) is 10.0 Å². The Labute approximate surface area is 169 Å². The number of fused-ring (bicyclic) bond motifs is 6. The standard InChI is InChI=1S/C21H23Cl2N3O/c1-20(2)12-6-7-21(20,19(27)26-8-4-3-5-9-26)18-17(12)24-15-10-13(22)14(23)11-16(15)25-18/h10-12H,3-9H2,1-2H3. The molecule has 27 heavy (non-hydrogen) atoms. The number of carbonyl (C=O) groups is 1. The fraction of sp³-hybridized carbons (Fsp3) is 0.571. The van der Waals surface area contributed by atoms with Gasteiger partial charge in [-0.1, -0.05) is 37.0 Å². The van der Waals surface area contributed by atoms with Gasteiger partial charge in [-0.2, -0.15) is 0 Å². The van der Waals surface area contributed by atoms with E-state index in [0.717, 1.165) is 61.2 Å². The zero-order valence-electron chi connectivity index (χ0n) is 15.7. The summed E-state index contributed by atoms with van der Waals surface area (Å²) in [6.07, 6.45) is 5.24. The van der Waals surface area contributed by atoms with Gasteiger partial charge in [0.05, 0.1) is 37.9 Å². The Morgan fingerprint density at radius 2 is 1.70 bits per heavy atom. The van der Waals surface area contributed by atoms with Crippen molar-refractivity contribution < 1.29 is 4.79 Å². The van der Waals surface area contributed by atoms with Crippen molar-refractivity contribution in [3.8, 4) is 0 Å². The Morgan fingerprint density at radius 3 is 2.37 bits per heavy atom. The van der Waals surface area contributed by atoms with Crippen LogP contribution in [0, 0.1) is 5.41 Å². The lowest BCUT2D eigenvalue weighted by Gasteiger charge is -2.41. The van der Waals surface area contributed by atoms with Crippen LogP contribution in [0.5, 0.6) is 0 Å². The van der Waals surface area contributed by atoms with Gasteiger partial charge in [-0.05, 0) is 49.7 Å². The van der Waals surface area contributed by atoms with E-state index in [1.54, 1.807) is 12.1 Å². The number of amides is 1. The second-order valence-electron chi connectivity index (χ2n) is 8.78. The van der Waals surface area contributed by atoms with Crippen molar-refractivity contribution in [1.29, 1.82) is 0 Å². The highest BCUT2D eigenvalue weighted by Gasteiger charge is 2.68. The van der Waals surface area contributed by atoms with E-state index in [-0.39, 0.29) is 17.2 Å². The molecule has 2 heterocycles. The summed E-state index contributed by atoms with van der Waals surface area (Å²) >= 11 is 12.4. The SMILES string of the molecule is CC1(C)C2CCC1(C(=O)N1CCCCC1)c1nc3cc(Cl)c(Cl)cc3nc12. The van der Waals surface area contributed by atoms with Gasteiger partial charge in [0.25, 0.3) is 0 Å². The van der Waals surface area contributed by atoms with E-state index in [9.17, 15) is 4.79 Å². The molecule has 2 bridgehead atoms. The van der Waals surface area contributed by atoms with Crippen LogP contribution in [-0.4, -0.2) is 33.9 Å². The zero-order chi connectivity index (χ0) is 19.0. The number of piperidine rings is 1. The number of hydrogen-bond donors (Lipinski definition) is 0. The second-order valence-corrected chi connectivity index (χ2v) is 9.60. The van der Waals surface area contributed by atoms with Gasteiger partial charge >= 0.3 is 0 Å². The maximum absolute atomic E-state index is 13.8. The number of carbonyl (C=O) groups excluding carboxylic acids is 1. The minimum atomic E-state index is -0.572. The maximum atomic E-state index is 13.8. The number of aromatic nitrogens is 2. The van der Waals surface area contributed by atoms with Crippen LogP contribution in [-0.2, 0) is 10.2 Å². The maximum Gasteiger partial charge on any atom is 0.235 e. The van der Waals surface area contributed by atoms with Gasteiger partial charge in [0.2, 0.25) is 5.91 Å². The smallest absolute Gasteiger partial charge is 0.235 e. The first-order valence-corrected chi connectivity index (χ1v) is 10.6. The van der Waals surface area contributed by atoms with Crippen molar-refractivity contribution in [2.45, 2.75) is 57.3 Å². The third-order valence-electron chi connectivity index (χ3n) is 7.26. The van der Waals surface area contributed by atoms with Crippen LogP contribution < -0.4 is 0 Å². The quantitative estimate of drug-likeness (QED) is 0.664. The predicted molar refractivity (Wildman–Crippen MR) is 107 cm³/mol. The molecule has 1 aliphatic heterocycles. The van der Waals surface area contributed by atoms with Crippen molar-refractivity contribution in [3.63, 3.8) is 0 Å². The number of nitrogens with zero attached hydrogens (tertiary/aromatic N) is 3. The van der Waals surface area contributed by atoms with E-state index >= 15 is 0 Å². The molecule has 0 N–H and O–H groups in total. The summed E-state index contributed by atoms with van der Waals surface area (Å²) in [5.41, 5.74) is 2.59. The molecule has 1 amide bonds. The molecule has 5 rings (SSSR count). The van der Waals surface area contributed by atoms with E-state index in [1.807, 2.05) is 0 Å². The number of halogens is 2. The second kappa shape index (κ2) is 5.81. The number of benzene rings is 1. The van der Waals surface area contributed by atoms with Crippen LogP contribution in [0.4, 0.5) is 0 Å². The lowest BCUT2D eigenvalue weighted by atomic mass is 9.67. The lowest BCUT2D eigenvalue weighted by molar-refractivity contribution is -0.141. The lowest BCUT2D eigenvalue weighted by Crippen LogP contribution is -2.52. The highest BCUT2D eigenvalue weighted by molar-refractivity contribution is 6.42. The zero-order valence-corrected chi connectivity index (χ0v) is 17.2. The van der Waals surface area contributed by atoms with Gasteiger partial charge < -0.3 is 4.90 Å². The Balaban J connectivity index is 1.71. The molecule has 2 aromatic rings. The summed E-state index contributed by atoms with van der Waals surface area (Å²) in [6.45, 7) is 6.17. The summed E-state index contributed by atoms with van der Waals surface area (Å²) in [5, 5.41) is 0.956. The van der Waals surface area contributed by atoms with Gasteiger partial charge in [-0.25, -0.2) is 9.97 Å². The van der Waals surface area contributed by atoms with E-state index < -0.39 is 5.41 Å². The van der Waals surface area contributed by atoms with Crippen LogP contribution in [0.3, 0.4) is 0 Å². The van der Waals surface area contributed by atoms with E-state index in [4.69, 9.17) is 33.2 Å². The summed E-state index contributed by atoms with van der Waals surface area (Å²) in [6, 6.07) is 3.55. The van der Waals surface area contributed by atoms with Crippen molar-refractivity contribution >= 4 is 40.1 Å². The third-order valence-corrected chi connectivity index (χ3v) is 7.98. The third kappa shape index (κ3) is 2.20. The highest BCUT2D eigenvalue weighted by Crippen LogP contribution is 2.67. The van der Waals surface area contributed by atoms with Crippen molar-refractivity contribution in [3.05, 3.63) is 33.6 Å². The fourth-order valence-electron chi connectivity index (χ4n) is 5.72. The normalized spacial score (nSPS) is 28.6. The molecule has 3 aliphatic rings. The first-order chi connectivity index (χ1) is 12.9. The molecule has 6 heteroatoms. The molecule has 2 atom stereocenters. The summed E-state index contributed by atoms with van der Waals surface area (Å²) in [4.78, 5) is 25.8. The van der Waals surface area contributed by atoms with Crippen LogP contribution >= 0.6 is 23.2 Å². The minimum absolute atomic E-state index is 0.186. The van der Waals surface area contributed by atoms with Gasteiger partial charge in [0.15, 0.2) is 0 Å². The van der Waals surface area contributed by atoms with Crippen molar-refractivity contribution in [1.82, 2.24) is 14.9 Å². The number of likely N-dealkylation sites (tertiary alicyclic amines) is 1. The minimum Gasteiger partial charge on any atom is -0.342 e. The molecule has 1 saturated carbocycles. The largest absolute Gasteiger partial charge is 0.342 e. The first-order valence-electron chi connectivity index (χ1n) is 9.83. The average molecular weight is 404 g/mol. The summed E-state index contributed by atoms with van der Waals surface area (Å²) in [5.74, 6) is 0.509. The van der Waals surface area contributed by atoms with Crippen LogP contribution in [0.25, 0.3) is 11.0 Å². The van der Waals surface area contributed by atoms with Crippen LogP contribution in [0.15, 0.2) is 12.1 Å². The molecule has 0 radical (unpaired) electrons. The molecular formula is C21H23Cl2N3O. The van der Waals surface area contributed by atoms with Crippen LogP contribution in [0.1, 0.15) is 63.3 Å². The average Bonchev–Trinajstić information content (AvgIpc) is 3.03. The predicted octanol–water partition coefficient (Wildman–Crippen LogP) is 5.10. The Bertz CT molecular complexity index is 968. The number of hydrogen-bond acceptors (Lipinski definition) is 3. The van der Waals surface area contributed by atoms with E-state index in [2.05, 4.69) is 18.7 Å². The molecule has 4 nitrogen and oxygen atoms in total. The molecule has 1 saturated heterocycles. The van der Waals surface area contributed by atoms with Crippen molar-refractivity contribution in [2.24, 2.45) is 5.41 Å². The molecule has 1 aromatic carbocycles. The topological polar surface area (TPSA) is 46.1 Å².